The maximum Gasteiger partial charge on any atom is 0.0889 e. The predicted molar refractivity (Wildman–Crippen MR) is 66.1 cm³/mol. The highest BCUT2D eigenvalue weighted by Crippen LogP contribution is 2.16. The van der Waals surface area contributed by atoms with E-state index in [-0.39, 0.29) is 0 Å². The van der Waals surface area contributed by atoms with Crippen molar-refractivity contribution in [2.24, 2.45) is 0 Å². The average molecular weight is 238 g/mol. The lowest BCUT2D eigenvalue weighted by Gasteiger charge is -2.46. The highest BCUT2D eigenvalue weighted by molar-refractivity contribution is 7.09. The molecule has 0 spiro atoms. The summed E-state index contributed by atoms with van der Waals surface area (Å²) in [6, 6.07) is 4.34. The van der Waals surface area contributed by atoms with Gasteiger partial charge in [-0.2, -0.15) is 0 Å². The van der Waals surface area contributed by atoms with Gasteiger partial charge in [0.05, 0.1) is 6.17 Å². The molecule has 0 bridgehead atoms. The SMILES string of the molecule is c1csc(CN2NCCN3CCNCC32)c1. The molecule has 3 heterocycles. The summed E-state index contributed by atoms with van der Waals surface area (Å²) in [4.78, 5) is 4.00. The summed E-state index contributed by atoms with van der Waals surface area (Å²) in [5.41, 5.74) is 3.51. The third kappa shape index (κ3) is 2.14. The van der Waals surface area contributed by atoms with E-state index in [0.717, 1.165) is 26.2 Å². The molecule has 4 nitrogen and oxygen atoms in total. The number of thiophene rings is 1. The molecule has 3 rings (SSSR count). The van der Waals surface area contributed by atoms with E-state index >= 15 is 0 Å². The van der Waals surface area contributed by atoms with Gasteiger partial charge >= 0.3 is 0 Å². The minimum atomic E-state index is 0.518. The standard InChI is InChI=1S/C11H18N4S/c1-2-10(16-7-1)9-15-11-8-12-3-5-14(11)6-4-13-15/h1-2,7,11-13H,3-6,8-9H2. The Morgan fingerprint density at radius 3 is 3.19 bits per heavy atom. The lowest BCUT2D eigenvalue weighted by atomic mass is 10.2. The van der Waals surface area contributed by atoms with Gasteiger partial charge in [0.25, 0.3) is 0 Å². The summed E-state index contributed by atoms with van der Waals surface area (Å²) >= 11 is 1.84. The molecule has 0 saturated carbocycles. The van der Waals surface area contributed by atoms with E-state index in [4.69, 9.17) is 0 Å². The van der Waals surface area contributed by atoms with Crippen LogP contribution in [0.15, 0.2) is 17.5 Å². The van der Waals surface area contributed by atoms with Crippen LogP contribution in [0.3, 0.4) is 0 Å². The monoisotopic (exact) mass is 238 g/mol. The van der Waals surface area contributed by atoms with Crippen molar-refractivity contribution in [1.82, 2.24) is 20.7 Å². The molecule has 1 unspecified atom stereocenters. The number of nitrogens with zero attached hydrogens (tertiary/aromatic N) is 2. The molecule has 88 valence electrons. The van der Waals surface area contributed by atoms with Crippen molar-refractivity contribution in [2.45, 2.75) is 12.7 Å². The van der Waals surface area contributed by atoms with Crippen LogP contribution in [0, 0.1) is 0 Å². The zero-order valence-corrected chi connectivity index (χ0v) is 10.2. The van der Waals surface area contributed by atoms with Gasteiger partial charge in [-0.05, 0) is 11.4 Å². The third-order valence-electron chi connectivity index (χ3n) is 3.30. The Morgan fingerprint density at radius 1 is 1.38 bits per heavy atom. The molecule has 0 aromatic carbocycles. The molecule has 5 heteroatoms. The van der Waals surface area contributed by atoms with Crippen LogP contribution in [-0.4, -0.2) is 48.8 Å². The van der Waals surface area contributed by atoms with Crippen LogP contribution in [0.1, 0.15) is 4.88 Å². The van der Waals surface area contributed by atoms with E-state index in [1.54, 1.807) is 0 Å². The van der Waals surface area contributed by atoms with Crippen LogP contribution in [0.25, 0.3) is 0 Å². The summed E-state index contributed by atoms with van der Waals surface area (Å²) in [7, 11) is 0. The number of hydrazine groups is 1. The van der Waals surface area contributed by atoms with Crippen LogP contribution in [0.5, 0.6) is 0 Å². The zero-order chi connectivity index (χ0) is 10.8. The van der Waals surface area contributed by atoms with E-state index in [0.29, 0.717) is 6.17 Å². The quantitative estimate of drug-likeness (QED) is 0.776. The number of hydrogen-bond acceptors (Lipinski definition) is 5. The topological polar surface area (TPSA) is 30.5 Å². The van der Waals surface area contributed by atoms with Crippen molar-refractivity contribution in [3.8, 4) is 0 Å². The van der Waals surface area contributed by atoms with E-state index in [1.807, 2.05) is 11.3 Å². The van der Waals surface area contributed by atoms with Crippen molar-refractivity contribution >= 4 is 11.3 Å². The fourth-order valence-corrected chi connectivity index (χ4v) is 3.18. The number of nitrogens with one attached hydrogen (secondary N) is 2. The van der Waals surface area contributed by atoms with Gasteiger partial charge in [0.2, 0.25) is 0 Å². The van der Waals surface area contributed by atoms with Gasteiger partial charge in [-0.1, -0.05) is 6.07 Å². The molecular weight excluding hydrogens is 220 g/mol. The predicted octanol–water partition coefficient (Wildman–Crippen LogP) is 0.300. The largest absolute Gasteiger partial charge is 0.313 e. The first-order chi connectivity index (χ1) is 7.93. The Kier molecular flexibility index (Phi) is 3.21. The fraction of sp³-hybridized carbons (Fsp3) is 0.636. The molecule has 16 heavy (non-hydrogen) atoms. The lowest BCUT2D eigenvalue weighted by Crippen LogP contribution is -2.67. The second-order valence-electron chi connectivity index (χ2n) is 4.34. The molecule has 0 aliphatic carbocycles. The summed E-state index contributed by atoms with van der Waals surface area (Å²) in [5, 5.41) is 8.00. The van der Waals surface area contributed by atoms with Gasteiger partial charge in [0, 0.05) is 44.1 Å². The third-order valence-corrected chi connectivity index (χ3v) is 4.17. The maximum absolute atomic E-state index is 3.51. The molecule has 2 aliphatic heterocycles. The van der Waals surface area contributed by atoms with Crippen molar-refractivity contribution in [3.05, 3.63) is 22.4 Å². The van der Waals surface area contributed by atoms with Crippen molar-refractivity contribution in [3.63, 3.8) is 0 Å². The van der Waals surface area contributed by atoms with Gasteiger partial charge < -0.3 is 5.32 Å². The molecule has 2 fully saturated rings. The van der Waals surface area contributed by atoms with Gasteiger partial charge in [0.1, 0.15) is 0 Å². The van der Waals surface area contributed by atoms with Gasteiger partial charge in [-0.3, -0.25) is 10.3 Å². The van der Waals surface area contributed by atoms with E-state index < -0.39 is 0 Å². The van der Waals surface area contributed by atoms with Crippen LogP contribution in [-0.2, 0) is 6.54 Å². The molecule has 2 saturated heterocycles. The Hall–Kier alpha value is -0.460. The molecule has 2 aliphatic rings. The highest BCUT2D eigenvalue weighted by atomic mass is 32.1. The summed E-state index contributed by atoms with van der Waals surface area (Å²) in [5.74, 6) is 0. The van der Waals surface area contributed by atoms with Gasteiger partial charge in [-0.25, -0.2) is 5.01 Å². The smallest absolute Gasteiger partial charge is 0.0889 e. The molecule has 2 N–H and O–H groups in total. The van der Waals surface area contributed by atoms with Crippen molar-refractivity contribution < 1.29 is 0 Å². The zero-order valence-electron chi connectivity index (χ0n) is 9.35. The van der Waals surface area contributed by atoms with Crippen LogP contribution in [0.4, 0.5) is 0 Å². The highest BCUT2D eigenvalue weighted by Gasteiger charge is 2.30. The van der Waals surface area contributed by atoms with Crippen LogP contribution in [0.2, 0.25) is 0 Å². The Labute approximate surface area is 100 Å². The normalized spacial score (nSPS) is 27.9. The number of piperazine rings is 1. The molecule has 1 aromatic rings. The molecule has 0 amide bonds. The number of hydrogen-bond donors (Lipinski definition) is 2. The second-order valence-corrected chi connectivity index (χ2v) is 5.37. The van der Waals surface area contributed by atoms with E-state index in [1.165, 1.54) is 18.0 Å². The average Bonchev–Trinajstić information content (AvgIpc) is 2.82. The fourth-order valence-electron chi connectivity index (χ4n) is 2.47. The van der Waals surface area contributed by atoms with Gasteiger partial charge in [0.15, 0.2) is 0 Å². The Morgan fingerprint density at radius 2 is 2.31 bits per heavy atom. The van der Waals surface area contributed by atoms with Gasteiger partial charge in [-0.15, -0.1) is 11.3 Å². The van der Waals surface area contributed by atoms with Crippen LogP contribution < -0.4 is 10.7 Å². The number of fused-ring (bicyclic) bond motifs is 1. The summed E-state index contributed by atoms with van der Waals surface area (Å²) in [6.45, 7) is 6.63. The maximum atomic E-state index is 3.51. The Balaban J connectivity index is 1.68. The Bertz CT molecular complexity index is 325. The van der Waals surface area contributed by atoms with Crippen LogP contribution >= 0.6 is 11.3 Å². The molecule has 1 atom stereocenters. The molecule has 1 aromatic heterocycles. The molecular formula is C11H18N4S. The first kappa shape index (κ1) is 10.7. The van der Waals surface area contributed by atoms with E-state index in [9.17, 15) is 0 Å². The number of rotatable bonds is 2. The first-order valence-corrected chi connectivity index (χ1v) is 6.79. The molecule has 0 radical (unpaired) electrons. The van der Waals surface area contributed by atoms with Crippen molar-refractivity contribution in [2.75, 3.05) is 32.7 Å². The van der Waals surface area contributed by atoms with E-state index in [2.05, 4.69) is 38.2 Å². The minimum Gasteiger partial charge on any atom is -0.313 e. The minimum absolute atomic E-state index is 0.518. The first-order valence-electron chi connectivity index (χ1n) is 5.91. The van der Waals surface area contributed by atoms with Crippen molar-refractivity contribution in [1.29, 1.82) is 0 Å². The second kappa shape index (κ2) is 4.81. The lowest BCUT2D eigenvalue weighted by molar-refractivity contribution is -0.0503. The summed E-state index contributed by atoms with van der Waals surface area (Å²) < 4.78 is 0. The summed E-state index contributed by atoms with van der Waals surface area (Å²) in [6.07, 6.45) is 0.518.